The fourth-order valence-electron chi connectivity index (χ4n) is 4.15. The molecule has 3 atom stereocenters. The van der Waals surface area contributed by atoms with E-state index in [1.54, 1.807) is 0 Å². The molecule has 0 aromatic heterocycles. The van der Waals surface area contributed by atoms with Gasteiger partial charge in [0.15, 0.2) is 0 Å². The lowest BCUT2D eigenvalue weighted by atomic mass is 9.82. The molecule has 3 heteroatoms. The average Bonchev–Trinajstić information content (AvgIpc) is 3.09. The van der Waals surface area contributed by atoms with Crippen molar-refractivity contribution in [2.24, 2.45) is 17.6 Å². The van der Waals surface area contributed by atoms with E-state index in [2.05, 4.69) is 36.1 Å². The van der Waals surface area contributed by atoms with Crippen molar-refractivity contribution in [3.05, 3.63) is 35.4 Å². The number of hydrogen-bond acceptors (Lipinski definition) is 2. The molecule has 2 N–H and O–H groups in total. The fourth-order valence-corrected chi connectivity index (χ4v) is 4.15. The molecule has 3 nitrogen and oxygen atoms in total. The van der Waals surface area contributed by atoms with Crippen LogP contribution >= 0.6 is 0 Å². The highest BCUT2D eigenvalue weighted by atomic mass is 16.2. The van der Waals surface area contributed by atoms with Crippen molar-refractivity contribution in [1.82, 2.24) is 4.90 Å². The van der Waals surface area contributed by atoms with E-state index >= 15 is 0 Å². The summed E-state index contributed by atoms with van der Waals surface area (Å²) in [7, 11) is 0. The second-order valence-corrected chi connectivity index (χ2v) is 7.55. The molecule has 0 radical (unpaired) electrons. The zero-order valence-electron chi connectivity index (χ0n) is 14.0. The van der Waals surface area contributed by atoms with E-state index in [1.807, 2.05) is 13.8 Å². The number of hydrogen-bond donors (Lipinski definition) is 1. The predicted octanol–water partition coefficient (Wildman–Crippen LogP) is 2.72. The molecule has 1 aromatic carbocycles. The van der Waals surface area contributed by atoms with Gasteiger partial charge in [0.2, 0.25) is 5.91 Å². The molecule has 22 heavy (non-hydrogen) atoms. The summed E-state index contributed by atoms with van der Waals surface area (Å²) in [4.78, 5) is 15.1. The van der Waals surface area contributed by atoms with Gasteiger partial charge in [-0.15, -0.1) is 0 Å². The third kappa shape index (κ3) is 2.56. The first kappa shape index (κ1) is 15.5. The van der Waals surface area contributed by atoms with Crippen LogP contribution in [-0.2, 0) is 16.6 Å². The van der Waals surface area contributed by atoms with Crippen molar-refractivity contribution in [2.45, 2.75) is 51.5 Å². The van der Waals surface area contributed by atoms with E-state index in [9.17, 15) is 4.79 Å². The Morgan fingerprint density at radius 1 is 1.23 bits per heavy atom. The molecule has 1 aliphatic heterocycles. The monoisotopic (exact) mass is 300 g/mol. The molecule has 1 saturated carbocycles. The van der Waals surface area contributed by atoms with Crippen LogP contribution in [0, 0.1) is 11.8 Å². The number of nitrogens with zero attached hydrogens (tertiary/aromatic N) is 1. The van der Waals surface area contributed by atoms with Crippen LogP contribution in [0.3, 0.4) is 0 Å². The van der Waals surface area contributed by atoms with Crippen molar-refractivity contribution in [3.8, 4) is 0 Å². The topological polar surface area (TPSA) is 46.3 Å². The molecule has 1 saturated heterocycles. The Balaban J connectivity index is 1.75. The number of benzene rings is 1. The minimum Gasteiger partial charge on any atom is -0.341 e. The van der Waals surface area contributed by atoms with Gasteiger partial charge in [0.05, 0.1) is 5.41 Å². The molecule has 3 unspecified atom stereocenters. The Kier molecular flexibility index (Phi) is 4.02. The quantitative estimate of drug-likeness (QED) is 0.933. The summed E-state index contributed by atoms with van der Waals surface area (Å²) in [6, 6.07) is 8.78. The van der Waals surface area contributed by atoms with E-state index in [0.29, 0.717) is 11.8 Å². The summed E-state index contributed by atoms with van der Waals surface area (Å²) in [6.07, 6.45) is 3.34. The van der Waals surface area contributed by atoms with Gasteiger partial charge in [0.25, 0.3) is 0 Å². The number of carbonyl (C=O) groups is 1. The Morgan fingerprint density at radius 2 is 1.91 bits per heavy atom. The number of nitrogens with two attached hydrogens (primary N) is 1. The predicted molar refractivity (Wildman–Crippen MR) is 89.6 cm³/mol. The van der Waals surface area contributed by atoms with Gasteiger partial charge in [0, 0.05) is 19.1 Å². The summed E-state index contributed by atoms with van der Waals surface area (Å²) < 4.78 is 0. The van der Waals surface area contributed by atoms with Gasteiger partial charge in [-0.3, -0.25) is 4.79 Å². The maximum Gasteiger partial charge on any atom is 0.232 e. The van der Waals surface area contributed by atoms with Crippen molar-refractivity contribution in [2.75, 3.05) is 13.1 Å². The highest BCUT2D eigenvalue weighted by molar-refractivity contribution is 5.87. The second kappa shape index (κ2) is 5.69. The molecule has 3 rings (SSSR count). The van der Waals surface area contributed by atoms with Crippen LogP contribution < -0.4 is 5.73 Å². The van der Waals surface area contributed by atoms with E-state index in [-0.39, 0.29) is 11.9 Å². The number of amides is 1. The highest BCUT2D eigenvalue weighted by Crippen LogP contribution is 2.39. The molecular formula is C19H28N2O. The van der Waals surface area contributed by atoms with Crippen LogP contribution in [0.25, 0.3) is 0 Å². The first-order chi connectivity index (χ1) is 10.4. The molecular weight excluding hydrogens is 272 g/mol. The second-order valence-electron chi connectivity index (χ2n) is 7.55. The summed E-state index contributed by atoms with van der Waals surface area (Å²) >= 11 is 0. The van der Waals surface area contributed by atoms with E-state index in [0.717, 1.165) is 31.5 Å². The van der Waals surface area contributed by atoms with E-state index < -0.39 is 5.41 Å². The van der Waals surface area contributed by atoms with Crippen LogP contribution in [0.4, 0.5) is 0 Å². The van der Waals surface area contributed by atoms with Gasteiger partial charge in [-0.25, -0.2) is 0 Å². The summed E-state index contributed by atoms with van der Waals surface area (Å²) in [6.45, 7) is 7.99. The zero-order chi connectivity index (χ0) is 15.9. The summed E-state index contributed by atoms with van der Waals surface area (Å²) in [5, 5.41) is 0. The van der Waals surface area contributed by atoms with Crippen LogP contribution in [-0.4, -0.2) is 29.9 Å². The van der Waals surface area contributed by atoms with Gasteiger partial charge >= 0.3 is 0 Å². The summed E-state index contributed by atoms with van der Waals surface area (Å²) in [5.74, 6) is 1.39. The first-order valence-corrected chi connectivity index (χ1v) is 8.58. The Labute approximate surface area is 133 Å². The van der Waals surface area contributed by atoms with Crippen molar-refractivity contribution in [3.63, 3.8) is 0 Å². The largest absolute Gasteiger partial charge is 0.341 e. The molecule has 0 bridgehead atoms. The number of carbonyl (C=O) groups excluding carboxylic acids is 1. The number of likely N-dealkylation sites (tertiary alicyclic amines) is 1. The SMILES string of the molecule is CCc1ccc(C(C)(C)C(=O)N2CC3CCC(N)C3C2)cc1. The van der Waals surface area contributed by atoms with Crippen LogP contribution in [0.2, 0.25) is 0 Å². The van der Waals surface area contributed by atoms with E-state index in [1.165, 1.54) is 12.0 Å². The van der Waals surface area contributed by atoms with Gasteiger partial charge < -0.3 is 10.6 Å². The van der Waals surface area contributed by atoms with E-state index in [4.69, 9.17) is 5.73 Å². The molecule has 1 aromatic rings. The maximum atomic E-state index is 13.0. The van der Waals surface area contributed by atoms with Gasteiger partial charge in [-0.2, -0.15) is 0 Å². The lowest BCUT2D eigenvalue weighted by molar-refractivity contribution is -0.135. The Hall–Kier alpha value is -1.35. The van der Waals surface area contributed by atoms with Crippen molar-refractivity contribution < 1.29 is 4.79 Å². The molecule has 1 aliphatic carbocycles. The molecule has 0 spiro atoms. The average molecular weight is 300 g/mol. The third-order valence-corrected chi connectivity index (χ3v) is 5.82. The maximum absolute atomic E-state index is 13.0. The molecule has 2 aliphatic rings. The Morgan fingerprint density at radius 3 is 2.50 bits per heavy atom. The van der Waals surface area contributed by atoms with Crippen LogP contribution in [0.1, 0.15) is 44.7 Å². The lowest BCUT2D eigenvalue weighted by Crippen LogP contribution is -2.43. The smallest absolute Gasteiger partial charge is 0.232 e. The summed E-state index contributed by atoms with van der Waals surface area (Å²) in [5.41, 5.74) is 8.15. The third-order valence-electron chi connectivity index (χ3n) is 5.82. The molecule has 120 valence electrons. The molecule has 1 heterocycles. The first-order valence-electron chi connectivity index (χ1n) is 8.58. The van der Waals surface area contributed by atoms with Crippen molar-refractivity contribution in [1.29, 1.82) is 0 Å². The highest BCUT2D eigenvalue weighted by Gasteiger charge is 2.45. The normalized spacial score (nSPS) is 28.0. The standard InChI is InChI=1S/C19H28N2O/c1-4-13-5-8-15(9-6-13)19(2,3)18(22)21-11-14-7-10-17(20)16(14)12-21/h5-6,8-9,14,16-17H,4,7,10-12,20H2,1-3H3. The number of rotatable bonds is 3. The Bertz CT molecular complexity index is 549. The number of aryl methyl sites for hydroxylation is 1. The van der Waals surface area contributed by atoms with Gasteiger partial charge in [0.1, 0.15) is 0 Å². The van der Waals surface area contributed by atoms with Crippen LogP contribution in [0.5, 0.6) is 0 Å². The minimum atomic E-state index is -0.463. The zero-order valence-corrected chi connectivity index (χ0v) is 14.0. The van der Waals surface area contributed by atoms with Crippen LogP contribution in [0.15, 0.2) is 24.3 Å². The lowest BCUT2D eigenvalue weighted by Gasteiger charge is -2.30. The molecule has 1 amide bonds. The fraction of sp³-hybridized carbons (Fsp3) is 0.632. The van der Waals surface area contributed by atoms with Crippen molar-refractivity contribution >= 4 is 5.91 Å². The minimum absolute atomic E-state index is 0.248. The molecule has 2 fully saturated rings. The van der Waals surface area contributed by atoms with Gasteiger partial charge in [-0.05, 0) is 56.1 Å². The number of fused-ring (bicyclic) bond motifs is 1. The van der Waals surface area contributed by atoms with Gasteiger partial charge in [-0.1, -0.05) is 31.2 Å².